The molecule has 158 valence electrons. The number of rotatable bonds is 4. The van der Waals surface area contributed by atoms with Crippen LogP contribution in [-0.2, 0) is 16.4 Å². The molecule has 1 N–H and O–H groups in total. The van der Waals surface area contributed by atoms with Gasteiger partial charge in [-0.25, -0.2) is 18.7 Å². The van der Waals surface area contributed by atoms with E-state index in [2.05, 4.69) is 15.3 Å². The summed E-state index contributed by atoms with van der Waals surface area (Å²) in [7, 11) is 0. The maximum atomic E-state index is 14.2. The maximum absolute atomic E-state index is 14.2. The molecule has 2 heterocycles. The van der Waals surface area contributed by atoms with Crippen LogP contribution in [0.1, 0.15) is 34.3 Å². The van der Waals surface area contributed by atoms with Crippen LogP contribution in [0.3, 0.4) is 0 Å². The molecule has 1 aromatic heterocycles. The smallest absolute Gasteiger partial charge is 0.337 e. The molecule has 11 heteroatoms. The zero-order chi connectivity index (χ0) is 21.7. The first-order chi connectivity index (χ1) is 14.1. The molecule has 6 nitrogen and oxygen atoms in total. The molecule has 1 fully saturated rings. The lowest BCUT2D eigenvalue weighted by molar-refractivity contribution is -0.137. The van der Waals surface area contributed by atoms with Crippen LogP contribution in [0.5, 0.6) is 0 Å². The number of carbonyl (C=O) groups excluding carboxylic acids is 2. The van der Waals surface area contributed by atoms with Crippen molar-refractivity contribution in [3.05, 3.63) is 53.1 Å². The van der Waals surface area contributed by atoms with Gasteiger partial charge in [0.25, 0.3) is 5.91 Å². The molecular formula is C19H15F5N4O2. The minimum absolute atomic E-state index is 0.0108. The molecule has 2 amide bonds. The summed E-state index contributed by atoms with van der Waals surface area (Å²) in [5, 5.41) is 2.35. The summed E-state index contributed by atoms with van der Waals surface area (Å²) in [4.78, 5) is 33.2. The number of nitrogens with one attached hydrogen (secondary N) is 1. The summed E-state index contributed by atoms with van der Waals surface area (Å²) in [5.74, 6) is -1.89. The molecule has 1 aromatic carbocycles. The SMILES string of the molecule is O=C(CCN1C[C@]2(C[C@@H]2F)c2cc(C(F)(F)F)ccc2C1=O)Nc1ncc(F)cn1. The van der Waals surface area contributed by atoms with E-state index < -0.39 is 41.0 Å². The van der Waals surface area contributed by atoms with Gasteiger partial charge in [0, 0.05) is 30.5 Å². The van der Waals surface area contributed by atoms with Crippen molar-refractivity contribution in [2.75, 3.05) is 18.4 Å². The summed E-state index contributed by atoms with van der Waals surface area (Å²) in [6.07, 6.45) is -4.37. The molecule has 2 atom stereocenters. The fraction of sp³-hybridized carbons (Fsp3) is 0.368. The van der Waals surface area contributed by atoms with Crippen molar-refractivity contribution in [3.8, 4) is 0 Å². The van der Waals surface area contributed by atoms with Crippen molar-refractivity contribution in [2.24, 2.45) is 0 Å². The van der Waals surface area contributed by atoms with Crippen LogP contribution in [-0.4, -0.2) is 45.9 Å². The van der Waals surface area contributed by atoms with Crippen molar-refractivity contribution in [3.63, 3.8) is 0 Å². The largest absolute Gasteiger partial charge is 0.416 e. The highest BCUT2D eigenvalue weighted by atomic mass is 19.4. The Morgan fingerprint density at radius 2 is 1.93 bits per heavy atom. The van der Waals surface area contributed by atoms with Crippen LogP contribution in [0, 0.1) is 5.82 Å². The third-order valence-electron chi connectivity index (χ3n) is 5.34. The number of anilines is 1. The Balaban J connectivity index is 1.49. The minimum atomic E-state index is -4.60. The molecule has 0 radical (unpaired) electrons. The van der Waals surface area contributed by atoms with Gasteiger partial charge in [-0.3, -0.25) is 14.9 Å². The van der Waals surface area contributed by atoms with Crippen LogP contribution in [0.2, 0.25) is 0 Å². The molecule has 1 aliphatic carbocycles. The number of amides is 2. The number of halogens is 5. The van der Waals surface area contributed by atoms with E-state index in [4.69, 9.17) is 0 Å². The van der Waals surface area contributed by atoms with Crippen molar-refractivity contribution < 1.29 is 31.5 Å². The van der Waals surface area contributed by atoms with Gasteiger partial charge in [0.05, 0.1) is 18.0 Å². The van der Waals surface area contributed by atoms with Crippen molar-refractivity contribution >= 4 is 17.8 Å². The van der Waals surface area contributed by atoms with Gasteiger partial charge in [0.2, 0.25) is 11.9 Å². The van der Waals surface area contributed by atoms with Gasteiger partial charge >= 0.3 is 6.18 Å². The first kappa shape index (κ1) is 20.2. The number of fused-ring (bicyclic) bond motifs is 2. The number of hydrogen-bond acceptors (Lipinski definition) is 4. The van der Waals surface area contributed by atoms with Crippen LogP contribution >= 0.6 is 0 Å². The molecular weight excluding hydrogens is 411 g/mol. The highest BCUT2D eigenvalue weighted by molar-refractivity contribution is 5.98. The monoisotopic (exact) mass is 426 g/mol. The second-order valence-electron chi connectivity index (χ2n) is 7.34. The summed E-state index contributed by atoms with van der Waals surface area (Å²) in [6.45, 7) is -0.178. The lowest BCUT2D eigenvalue weighted by atomic mass is 9.85. The normalized spacial score (nSPS) is 22.8. The summed E-state index contributed by atoms with van der Waals surface area (Å²) < 4.78 is 66.2. The summed E-state index contributed by atoms with van der Waals surface area (Å²) >= 11 is 0. The predicted octanol–water partition coefficient (Wildman–Crippen LogP) is 3.10. The van der Waals surface area contributed by atoms with Gasteiger partial charge in [-0.1, -0.05) is 0 Å². The molecule has 1 spiro atoms. The van der Waals surface area contributed by atoms with Gasteiger partial charge in [0.15, 0.2) is 5.82 Å². The molecule has 2 aromatic rings. The van der Waals surface area contributed by atoms with E-state index in [0.29, 0.717) is 0 Å². The first-order valence-electron chi connectivity index (χ1n) is 9.03. The van der Waals surface area contributed by atoms with E-state index in [1.165, 1.54) is 4.90 Å². The van der Waals surface area contributed by atoms with Gasteiger partial charge < -0.3 is 4.90 Å². The number of hydrogen-bond donors (Lipinski definition) is 1. The molecule has 0 unspecified atom stereocenters. The minimum Gasteiger partial charge on any atom is -0.337 e. The summed E-state index contributed by atoms with van der Waals surface area (Å²) in [5.41, 5.74) is -2.03. The molecule has 0 saturated heterocycles. The second kappa shape index (κ2) is 6.99. The Bertz CT molecular complexity index is 1010. The Kier molecular flexibility index (Phi) is 4.70. The zero-order valence-electron chi connectivity index (χ0n) is 15.3. The van der Waals surface area contributed by atoms with Crippen LogP contribution in [0.4, 0.5) is 27.9 Å². The zero-order valence-corrected chi connectivity index (χ0v) is 15.3. The Morgan fingerprint density at radius 1 is 1.27 bits per heavy atom. The topological polar surface area (TPSA) is 75.2 Å². The van der Waals surface area contributed by atoms with Crippen molar-refractivity contribution in [1.29, 1.82) is 0 Å². The van der Waals surface area contributed by atoms with E-state index in [0.717, 1.165) is 30.6 Å². The average molecular weight is 426 g/mol. The van der Waals surface area contributed by atoms with E-state index in [-0.39, 0.29) is 43.0 Å². The van der Waals surface area contributed by atoms with Crippen LogP contribution < -0.4 is 5.32 Å². The lowest BCUT2D eigenvalue weighted by Crippen LogP contribution is -2.45. The van der Waals surface area contributed by atoms with Crippen molar-refractivity contribution in [1.82, 2.24) is 14.9 Å². The van der Waals surface area contributed by atoms with E-state index >= 15 is 0 Å². The predicted molar refractivity (Wildman–Crippen MR) is 93.8 cm³/mol. The second-order valence-corrected chi connectivity index (χ2v) is 7.34. The number of nitrogens with zero attached hydrogens (tertiary/aromatic N) is 3. The molecule has 1 aliphatic heterocycles. The summed E-state index contributed by atoms with van der Waals surface area (Å²) in [6, 6.07) is 2.71. The third-order valence-corrected chi connectivity index (χ3v) is 5.34. The Hall–Kier alpha value is -3.11. The number of benzene rings is 1. The van der Waals surface area contributed by atoms with E-state index in [1.54, 1.807) is 0 Å². The van der Waals surface area contributed by atoms with Gasteiger partial charge in [-0.2, -0.15) is 13.2 Å². The molecule has 30 heavy (non-hydrogen) atoms. The number of carbonyl (C=O) groups is 2. The van der Waals surface area contributed by atoms with Crippen molar-refractivity contribution in [2.45, 2.75) is 30.6 Å². The van der Waals surface area contributed by atoms with Crippen LogP contribution in [0.15, 0.2) is 30.6 Å². The first-order valence-corrected chi connectivity index (χ1v) is 9.03. The molecule has 0 bridgehead atoms. The fourth-order valence-electron chi connectivity index (χ4n) is 3.67. The standard InChI is InChI=1S/C19H15F5N4O2/c20-11-7-25-17(26-8-11)27-15(29)3-4-28-9-18(6-14(18)21)13-5-10(19(22,23)24)1-2-12(13)16(28)30/h1-2,5,7-8,14H,3-4,6,9H2,(H,25,26,27,29)/t14-,18+/m0/s1. The van der Waals surface area contributed by atoms with Gasteiger partial charge in [0.1, 0.15) is 6.17 Å². The quantitative estimate of drug-likeness (QED) is 0.763. The van der Waals surface area contributed by atoms with E-state index in [1.807, 2.05) is 0 Å². The lowest BCUT2D eigenvalue weighted by Gasteiger charge is -2.35. The van der Waals surface area contributed by atoms with E-state index in [9.17, 15) is 31.5 Å². The molecule has 1 saturated carbocycles. The molecule has 2 aliphatic rings. The molecule has 4 rings (SSSR count). The highest BCUT2D eigenvalue weighted by Gasteiger charge is 2.61. The highest BCUT2D eigenvalue weighted by Crippen LogP contribution is 2.55. The van der Waals surface area contributed by atoms with Crippen LogP contribution in [0.25, 0.3) is 0 Å². The average Bonchev–Trinajstić information content (AvgIpc) is 3.34. The number of aromatic nitrogens is 2. The maximum Gasteiger partial charge on any atom is 0.416 e. The van der Waals surface area contributed by atoms with Gasteiger partial charge in [-0.05, 0) is 30.2 Å². The Morgan fingerprint density at radius 3 is 2.53 bits per heavy atom. The fourth-order valence-corrected chi connectivity index (χ4v) is 3.67. The third kappa shape index (κ3) is 3.59. The Labute approximate surface area is 167 Å². The van der Waals surface area contributed by atoms with Gasteiger partial charge in [-0.15, -0.1) is 0 Å². The number of alkyl halides is 4.